The van der Waals surface area contributed by atoms with E-state index >= 15 is 0 Å². The Kier molecular flexibility index (Phi) is 9.46. The van der Waals surface area contributed by atoms with Crippen LogP contribution in [0, 0.1) is 0 Å². The summed E-state index contributed by atoms with van der Waals surface area (Å²) in [5, 5.41) is 9.24. The smallest absolute Gasteiger partial charge is 0.180 e. The van der Waals surface area contributed by atoms with Crippen LogP contribution in [0.15, 0.2) is 81.4 Å². The third-order valence-corrected chi connectivity index (χ3v) is 6.07. The topological polar surface area (TPSA) is 69.2 Å². The number of hydrogen-bond donors (Lipinski definition) is 1. The Hall–Kier alpha value is -2.48. The van der Waals surface area contributed by atoms with Gasteiger partial charge in [0.2, 0.25) is 0 Å². The molecule has 0 saturated heterocycles. The Bertz CT molecular complexity index is 1090. The van der Waals surface area contributed by atoms with E-state index in [-0.39, 0.29) is 0 Å². The molecule has 166 valence electrons. The number of nitrogens with zero attached hydrogens (tertiary/aromatic N) is 2. The molecule has 32 heavy (non-hydrogen) atoms. The quantitative estimate of drug-likeness (QED) is 0.190. The lowest BCUT2D eigenvalue weighted by Gasteiger charge is -2.15. The fraction of sp³-hybridized carbons (Fsp3) is 0.167. The molecule has 8 heteroatoms. The van der Waals surface area contributed by atoms with Crippen molar-refractivity contribution in [1.82, 2.24) is 0 Å². The lowest BCUT2D eigenvalue weighted by Crippen LogP contribution is -2.06. The van der Waals surface area contributed by atoms with E-state index in [1.54, 1.807) is 6.21 Å². The minimum atomic E-state index is 0.325. The minimum absolute atomic E-state index is 0.325. The van der Waals surface area contributed by atoms with E-state index in [1.165, 1.54) is 17.3 Å². The zero-order chi connectivity index (χ0) is 22.8. The van der Waals surface area contributed by atoms with Crippen molar-refractivity contribution in [2.24, 2.45) is 15.9 Å². The van der Waals surface area contributed by atoms with Crippen molar-refractivity contribution in [3.8, 4) is 11.5 Å². The predicted molar refractivity (Wildman–Crippen MR) is 138 cm³/mol. The van der Waals surface area contributed by atoms with Crippen molar-refractivity contribution < 1.29 is 9.47 Å². The standard InChI is InChI=1S/C24H23BrClN3O2S/c1-2-30-22-13-18(14-28-29-24(27)32-16-17-8-4-3-5-9-17)12-20(25)23(22)31-15-19-10-6-7-11-21(19)26/h3-14H,2,15-16H2,1H3,(H2,27,29). The van der Waals surface area contributed by atoms with Gasteiger partial charge in [0.1, 0.15) is 6.61 Å². The fourth-order valence-corrected chi connectivity index (χ4v) is 4.12. The summed E-state index contributed by atoms with van der Waals surface area (Å²) in [6, 6.07) is 21.4. The molecule has 2 N–H and O–H groups in total. The number of thioether (sulfide) groups is 1. The highest BCUT2D eigenvalue weighted by molar-refractivity contribution is 9.10. The van der Waals surface area contributed by atoms with Crippen LogP contribution in [-0.2, 0) is 12.4 Å². The summed E-state index contributed by atoms with van der Waals surface area (Å²) in [7, 11) is 0. The Morgan fingerprint density at radius 1 is 1.09 bits per heavy atom. The van der Waals surface area contributed by atoms with Crippen molar-refractivity contribution in [1.29, 1.82) is 0 Å². The fourth-order valence-electron chi connectivity index (χ4n) is 2.74. The molecular formula is C24H23BrClN3O2S. The van der Waals surface area contributed by atoms with Gasteiger partial charge in [-0.15, -0.1) is 5.10 Å². The molecule has 0 aliphatic carbocycles. The maximum absolute atomic E-state index is 6.23. The van der Waals surface area contributed by atoms with E-state index in [2.05, 4.69) is 26.1 Å². The average Bonchev–Trinajstić information content (AvgIpc) is 2.79. The third-order valence-electron chi connectivity index (χ3n) is 4.25. The van der Waals surface area contributed by atoms with E-state index in [0.717, 1.165) is 21.4 Å². The van der Waals surface area contributed by atoms with E-state index < -0.39 is 0 Å². The van der Waals surface area contributed by atoms with Crippen molar-refractivity contribution in [2.45, 2.75) is 19.3 Å². The second-order valence-corrected chi connectivity index (χ2v) is 8.86. The molecule has 0 saturated carbocycles. The van der Waals surface area contributed by atoms with Gasteiger partial charge in [0, 0.05) is 16.3 Å². The number of nitrogens with two attached hydrogens (primary N) is 1. The van der Waals surface area contributed by atoms with Crippen LogP contribution in [0.2, 0.25) is 5.02 Å². The van der Waals surface area contributed by atoms with Gasteiger partial charge in [-0.3, -0.25) is 0 Å². The second-order valence-electron chi connectivity index (χ2n) is 6.60. The summed E-state index contributed by atoms with van der Waals surface area (Å²) in [6.07, 6.45) is 1.63. The van der Waals surface area contributed by atoms with Crippen molar-refractivity contribution in [3.63, 3.8) is 0 Å². The Labute approximate surface area is 205 Å². The highest BCUT2D eigenvalue weighted by Gasteiger charge is 2.13. The van der Waals surface area contributed by atoms with Crippen LogP contribution in [-0.4, -0.2) is 18.0 Å². The maximum atomic E-state index is 6.23. The molecular weight excluding hydrogens is 510 g/mol. The normalized spacial score (nSPS) is 11.7. The first-order valence-electron chi connectivity index (χ1n) is 9.92. The van der Waals surface area contributed by atoms with Crippen LogP contribution in [0.3, 0.4) is 0 Å². The van der Waals surface area contributed by atoms with Crippen LogP contribution >= 0.6 is 39.3 Å². The Morgan fingerprint density at radius 3 is 2.59 bits per heavy atom. The zero-order valence-electron chi connectivity index (χ0n) is 17.5. The summed E-state index contributed by atoms with van der Waals surface area (Å²) in [4.78, 5) is 0. The number of benzene rings is 3. The van der Waals surface area contributed by atoms with E-state index in [1.807, 2.05) is 73.7 Å². The van der Waals surface area contributed by atoms with Gasteiger partial charge in [-0.2, -0.15) is 5.10 Å². The molecule has 0 aliphatic rings. The Morgan fingerprint density at radius 2 is 1.84 bits per heavy atom. The molecule has 0 aliphatic heterocycles. The van der Waals surface area contributed by atoms with E-state index in [4.69, 9.17) is 26.8 Å². The molecule has 3 rings (SSSR count). The molecule has 0 unspecified atom stereocenters. The molecule has 0 heterocycles. The molecule has 0 aromatic heterocycles. The summed E-state index contributed by atoms with van der Waals surface area (Å²) in [6.45, 7) is 2.74. The molecule has 0 spiro atoms. The molecule has 0 bridgehead atoms. The molecule has 3 aromatic rings. The van der Waals surface area contributed by atoms with Gasteiger partial charge in [0.25, 0.3) is 0 Å². The Balaban J connectivity index is 1.68. The lowest BCUT2D eigenvalue weighted by molar-refractivity contribution is 0.267. The SMILES string of the molecule is CCOc1cc(C=NN=C(N)SCc2ccccc2)cc(Br)c1OCc1ccccc1Cl. The highest BCUT2D eigenvalue weighted by Crippen LogP contribution is 2.37. The van der Waals surface area contributed by atoms with Crippen molar-refractivity contribution in [2.75, 3.05) is 6.61 Å². The van der Waals surface area contributed by atoms with Crippen LogP contribution in [0.1, 0.15) is 23.6 Å². The monoisotopic (exact) mass is 531 g/mol. The summed E-state index contributed by atoms with van der Waals surface area (Å²) >= 11 is 11.2. The van der Waals surface area contributed by atoms with Crippen LogP contribution in [0.4, 0.5) is 0 Å². The van der Waals surface area contributed by atoms with Gasteiger partial charge in [0.15, 0.2) is 16.7 Å². The van der Waals surface area contributed by atoms with Crippen LogP contribution in [0.25, 0.3) is 0 Å². The number of halogens is 2. The van der Waals surface area contributed by atoms with Gasteiger partial charge >= 0.3 is 0 Å². The molecule has 3 aromatic carbocycles. The summed E-state index contributed by atoms with van der Waals surface area (Å²) < 4.78 is 12.5. The van der Waals surface area contributed by atoms with Crippen molar-refractivity contribution in [3.05, 3.63) is 92.9 Å². The highest BCUT2D eigenvalue weighted by atomic mass is 79.9. The third kappa shape index (κ3) is 7.29. The lowest BCUT2D eigenvalue weighted by atomic mass is 10.2. The van der Waals surface area contributed by atoms with Crippen molar-refractivity contribution >= 4 is 50.7 Å². The van der Waals surface area contributed by atoms with E-state index in [0.29, 0.717) is 34.9 Å². The minimum Gasteiger partial charge on any atom is -0.490 e. The number of hydrogen-bond acceptors (Lipinski definition) is 5. The van der Waals surface area contributed by atoms with Crippen LogP contribution in [0.5, 0.6) is 11.5 Å². The second kappa shape index (κ2) is 12.5. The van der Waals surface area contributed by atoms with Gasteiger partial charge in [0.05, 0.1) is 17.3 Å². The molecule has 0 amide bonds. The molecule has 0 atom stereocenters. The molecule has 0 fully saturated rings. The number of rotatable bonds is 9. The van der Waals surface area contributed by atoms with Gasteiger partial charge in [-0.05, 0) is 52.2 Å². The van der Waals surface area contributed by atoms with E-state index in [9.17, 15) is 0 Å². The zero-order valence-corrected chi connectivity index (χ0v) is 20.7. The van der Waals surface area contributed by atoms with Gasteiger partial charge in [-0.1, -0.05) is 71.9 Å². The van der Waals surface area contributed by atoms with Crippen LogP contribution < -0.4 is 15.2 Å². The summed E-state index contributed by atoms with van der Waals surface area (Å²) in [5.41, 5.74) is 8.83. The molecule has 5 nitrogen and oxygen atoms in total. The average molecular weight is 533 g/mol. The maximum Gasteiger partial charge on any atom is 0.180 e. The first kappa shape index (κ1) is 24.2. The van der Waals surface area contributed by atoms with Gasteiger partial charge < -0.3 is 15.2 Å². The first-order valence-corrected chi connectivity index (χ1v) is 12.1. The number of ether oxygens (including phenoxy) is 2. The van der Waals surface area contributed by atoms with Gasteiger partial charge in [-0.25, -0.2) is 0 Å². The number of amidine groups is 1. The first-order chi connectivity index (χ1) is 15.6. The molecule has 0 radical (unpaired) electrons. The largest absolute Gasteiger partial charge is 0.490 e. The summed E-state index contributed by atoms with van der Waals surface area (Å²) in [5.74, 6) is 1.94. The predicted octanol–water partition coefficient (Wildman–Crippen LogP) is 6.66.